The van der Waals surface area contributed by atoms with Crippen molar-refractivity contribution in [2.45, 2.75) is 6.42 Å². The molecule has 1 heterocycles. The van der Waals surface area contributed by atoms with Crippen molar-refractivity contribution in [3.05, 3.63) is 28.2 Å². The summed E-state index contributed by atoms with van der Waals surface area (Å²) in [5, 5.41) is 1.18. The van der Waals surface area contributed by atoms with Crippen molar-refractivity contribution in [2.24, 2.45) is 11.8 Å². The van der Waals surface area contributed by atoms with E-state index in [9.17, 15) is 0 Å². The Kier molecular flexibility index (Phi) is 3.92. The molecule has 0 radical (unpaired) electrons. The van der Waals surface area contributed by atoms with Crippen molar-refractivity contribution in [3.8, 4) is 0 Å². The van der Waals surface area contributed by atoms with E-state index in [1.165, 1.54) is 0 Å². The first-order valence-electron chi connectivity index (χ1n) is 5.22. The second-order valence-electron chi connectivity index (χ2n) is 4.03. The summed E-state index contributed by atoms with van der Waals surface area (Å²) in [7, 11) is 0. The molecule has 0 saturated carbocycles. The Morgan fingerprint density at radius 1 is 1.38 bits per heavy atom. The molecule has 2 rings (SSSR count). The number of anilines is 1. The van der Waals surface area contributed by atoms with Gasteiger partial charge in [0.2, 0.25) is 0 Å². The lowest BCUT2D eigenvalue weighted by molar-refractivity contribution is 0.108. The number of halogens is 2. The average Bonchev–Trinajstić information content (AvgIpc) is 2.71. The minimum Gasteiger partial charge on any atom is -0.371 e. The van der Waals surface area contributed by atoms with Crippen molar-refractivity contribution >= 4 is 28.9 Å². The molecule has 16 heavy (non-hydrogen) atoms. The lowest BCUT2D eigenvalue weighted by atomic mass is 10.1. The van der Waals surface area contributed by atoms with E-state index in [2.05, 4.69) is 9.74 Å². The number of hydrogen-bond donors (Lipinski definition) is 1. The van der Waals surface area contributed by atoms with Gasteiger partial charge in [0.25, 0.3) is 0 Å². The minimum atomic E-state index is 0.499. The van der Waals surface area contributed by atoms with Gasteiger partial charge < -0.3 is 9.74 Å². The fraction of sp³-hybridized carbons (Fsp3) is 0.455. The molecule has 2 N–H and O–H groups in total. The van der Waals surface area contributed by atoms with Crippen LogP contribution in [0.15, 0.2) is 18.2 Å². The predicted molar refractivity (Wildman–Crippen MR) is 66.9 cm³/mol. The predicted octanol–water partition coefficient (Wildman–Crippen LogP) is 2.71. The highest BCUT2D eigenvalue weighted by molar-refractivity contribution is 6.42. The van der Waals surface area contributed by atoms with Crippen molar-refractivity contribution in [3.63, 3.8) is 0 Å². The molecule has 0 aliphatic carbocycles. The molecule has 0 bridgehead atoms. The van der Waals surface area contributed by atoms with Crippen LogP contribution in [0.2, 0.25) is 10.0 Å². The Labute approximate surface area is 105 Å². The second-order valence-corrected chi connectivity index (χ2v) is 4.85. The summed E-state index contributed by atoms with van der Waals surface area (Å²) in [5.74, 6) is 5.58. The van der Waals surface area contributed by atoms with Gasteiger partial charge in [0.15, 0.2) is 0 Å². The fourth-order valence-electron chi connectivity index (χ4n) is 2.02. The summed E-state index contributed by atoms with van der Waals surface area (Å²) < 4.78 is 0. The van der Waals surface area contributed by atoms with Crippen LogP contribution in [0, 0.1) is 5.92 Å². The van der Waals surface area contributed by atoms with Gasteiger partial charge >= 0.3 is 0 Å². The molecule has 1 fully saturated rings. The topological polar surface area (TPSA) is 38.5 Å². The number of rotatable bonds is 3. The zero-order chi connectivity index (χ0) is 11.5. The Morgan fingerprint density at radius 3 is 2.88 bits per heavy atom. The van der Waals surface area contributed by atoms with E-state index in [4.69, 9.17) is 29.1 Å². The molecule has 88 valence electrons. The quantitative estimate of drug-likeness (QED) is 0.850. The van der Waals surface area contributed by atoms with Gasteiger partial charge in [0.05, 0.1) is 16.7 Å². The number of nitrogens with two attached hydrogens (primary N) is 1. The molecule has 0 aromatic heterocycles. The van der Waals surface area contributed by atoms with Crippen LogP contribution < -0.4 is 10.8 Å². The smallest absolute Gasteiger partial charge is 0.0724 e. The van der Waals surface area contributed by atoms with Crippen LogP contribution in [0.25, 0.3) is 0 Å². The first-order chi connectivity index (χ1) is 7.70. The maximum Gasteiger partial charge on any atom is 0.0724 e. The Bertz CT molecular complexity index is 373. The fourth-order valence-corrected chi connectivity index (χ4v) is 2.31. The van der Waals surface area contributed by atoms with Crippen LogP contribution in [-0.2, 0) is 4.84 Å². The van der Waals surface area contributed by atoms with Gasteiger partial charge in [0, 0.05) is 24.7 Å². The molecule has 1 saturated heterocycles. The summed E-state index contributed by atoms with van der Waals surface area (Å²) in [6.45, 7) is 2.57. The summed E-state index contributed by atoms with van der Waals surface area (Å²) >= 11 is 11.9. The van der Waals surface area contributed by atoms with Gasteiger partial charge in [-0.05, 0) is 24.6 Å². The third-order valence-electron chi connectivity index (χ3n) is 2.89. The molecule has 1 aliphatic heterocycles. The van der Waals surface area contributed by atoms with Gasteiger partial charge in [-0.1, -0.05) is 23.2 Å². The maximum atomic E-state index is 5.99. The molecule has 1 unspecified atom stereocenters. The Balaban J connectivity index is 2.05. The molecule has 1 aromatic carbocycles. The van der Waals surface area contributed by atoms with Crippen LogP contribution in [-0.4, -0.2) is 19.7 Å². The molecule has 3 nitrogen and oxygen atoms in total. The van der Waals surface area contributed by atoms with E-state index >= 15 is 0 Å². The molecule has 1 aliphatic rings. The lowest BCUT2D eigenvalue weighted by Gasteiger charge is -2.19. The lowest BCUT2D eigenvalue weighted by Crippen LogP contribution is -2.21. The molecular formula is C11H14Cl2N2O. The highest BCUT2D eigenvalue weighted by Crippen LogP contribution is 2.30. The number of hydrogen-bond acceptors (Lipinski definition) is 3. The normalized spacial score (nSPS) is 20.4. The van der Waals surface area contributed by atoms with Gasteiger partial charge in [-0.25, -0.2) is 5.90 Å². The third kappa shape index (κ3) is 2.61. The SMILES string of the molecule is NOCC1CCN(c2ccc(Cl)c(Cl)c2)C1. The standard InChI is InChI=1S/C11H14Cl2N2O/c12-10-2-1-9(5-11(10)13)15-4-3-8(6-15)7-16-14/h1-2,5,8H,3-4,6-7,14H2. The van der Waals surface area contributed by atoms with Crippen molar-refractivity contribution < 1.29 is 4.84 Å². The van der Waals surface area contributed by atoms with Crippen molar-refractivity contribution in [2.75, 3.05) is 24.6 Å². The summed E-state index contributed by atoms with van der Waals surface area (Å²) in [6.07, 6.45) is 1.09. The van der Waals surface area contributed by atoms with Crippen LogP contribution in [0.4, 0.5) is 5.69 Å². The first kappa shape index (κ1) is 12.0. The van der Waals surface area contributed by atoms with Gasteiger partial charge in [-0.2, -0.15) is 0 Å². The molecule has 0 amide bonds. The van der Waals surface area contributed by atoms with E-state index in [1.807, 2.05) is 18.2 Å². The minimum absolute atomic E-state index is 0.499. The molecular weight excluding hydrogens is 247 g/mol. The van der Waals surface area contributed by atoms with Crippen LogP contribution >= 0.6 is 23.2 Å². The highest BCUT2D eigenvalue weighted by atomic mass is 35.5. The van der Waals surface area contributed by atoms with Crippen molar-refractivity contribution in [1.82, 2.24) is 0 Å². The average molecular weight is 261 g/mol. The maximum absolute atomic E-state index is 5.99. The highest BCUT2D eigenvalue weighted by Gasteiger charge is 2.22. The van der Waals surface area contributed by atoms with E-state index in [0.717, 1.165) is 25.2 Å². The largest absolute Gasteiger partial charge is 0.371 e. The van der Waals surface area contributed by atoms with Crippen LogP contribution in [0.3, 0.4) is 0 Å². The van der Waals surface area contributed by atoms with Crippen LogP contribution in [0.1, 0.15) is 6.42 Å². The Morgan fingerprint density at radius 2 is 2.19 bits per heavy atom. The van der Waals surface area contributed by atoms with Crippen molar-refractivity contribution in [1.29, 1.82) is 0 Å². The monoisotopic (exact) mass is 260 g/mol. The molecule has 1 atom stereocenters. The van der Waals surface area contributed by atoms with Gasteiger partial charge in [-0.3, -0.25) is 0 Å². The zero-order valence-corrected chi connectivity index (χ0v) is 10.3. The number of nitrogens with zero attached hydrogens (tertiary/aromatic N) is 1. The first-order valence-corrected chi connectivity index (χ1v) is 5.98. The second kappa shape index (κ2) is 5.23. The van der Waals surface area contributed by atoms with E-state index in [-0.39, 0.29) is 0 Å². The molecule has 5 heteroatoms. The summed E-state index contributed by atoms with van der Waals surface area (Å²) in [4.78, 5) is 6.95. The molecule has 0 spiro atoms. The van der Waals surface area contributed by atoms with E-state index < -0.39 is 0 Å². The molecule has 1 aromatic rings. The van der Waals surface area contributed by atoms with Gasteiger partial charge in [-0.15, -0.1) is 0 Å². The zero-order valence-electron chi connectivity index (χ0n) is 8.83. The van der Waals surface area contributed by atoms with E-state index in [0.29, 0.717) is 22.6 Å². The Hall–Kier alpha value is -0.480. The van der Waals surface area contributed by atoms with Crippen LogP contribution in [0.5, 0.6) is 0 Å². The summed E-state index contributed by atoms with van der Waals surface area (Å²) in [6, 6.07) is 5.71. The summed E-state index contributed by atoms with van der Waals surface area (Å²) in [5.41, 5.74) is 1.11. The van der Waals surface area contributed by atoms with Gasteiger partial charge in [0.1, 0.15) is 0 Å². The van der Waals surface area contributed by atoms with E-state index in [1.54, 1.807) is 0 Å². The third-order valence-corrected chi connectivity index (χ3v) is 3.63. The number of benzene rings is 1.